The minimum Gasteiger partial charge on any atom is -0.384 e. The molecule has 11 heteroatoms. The number of nitrogens with zero attached hydrogens (tertiary/aromatic N) is 5. The number of halogens is 3. The summed E-state index contributed by atoms with van der Waals surface area (Å²) in [6, 6.07) is 9.99. The highest BCUT2D eigenvalue weighted by Gasteiger charge is 2.36. The molecule has 1 saturated heterocycles. The summed E-state index contributed by atoms with van der Waals surface area (Å²) in [6.07, 6.45) is 1.41. The van der Waals surface area contributed by atoms with Gasteiger partial charge in [-0.05, 0) is 37.3 Å². The Balaban J connectivity index is 1.56. The van der Waals surface area contributed by atoms with Crippen molar-refractivity contribution in [3.8, 4) is 17.2 Å². The predicted octanol–water partition coefficient (Wildman–Crippen LogP) is 4.97. The number of hydrogen-bond acceptors (Lipinski definition) is 6. The van der Waals surface area contributed by atoms with Crippen LogP contribution in [0.5, 0.6) is 0 Å². The third-order valence-corrected chi connectivity index (χ3v) is 6.90. The van der Waals surface area contributed by atoms with Crippen LogP contribution in [-0.2, 0) is 0 Å². The van der Waals surface area contributed by atoms with Gasteiger partial charge in [-0.15, -0.1) is 0 Å². The van der Waals surface area contributed by atoms with Crippen molar-refractivity contribution in [1.29, 1.82) is 5.26 Å². The van der Waals surface area contributed by atoms with Gasteiger partial charge in [-0.1, -0.05) is 17.7 Å². The first-order valence-corrected chi connectivity index (χ1v) is 12.8. The molecule has 0 aliphatic carbocycles. The largest absolute Gasteiger partial charge is 0.384 e. The van der Waals surface area contributed by atoms with E-state index in [0.29, 0.717) is 28.5 Å². The van der Waals surface area contributed by atoms with Gasteiger partial charge < -0.3 is 10.6 Å². The lowest BCUT2D eigenvalue weighted by molar-refractivity contribution is 0.249. The van der Waals surface area contributed by atoms with Gasteiger partial charge in [0.2, 0.25) is 0 Å². The maximum absolute atomic E-state index is 15.7. The molecule has 2 N–H and O–H groups in total. The number of aromatic nitrogens is 1. The highest BCUT2D eigenvalue weighted by atomic mass is 35.5. The van der Waals surface area contributed by atoms with Crippen molar-refractivity contribution in [2.24, 2.45) is 0 Å². The monoisotopic (exact) mass is 537 g/mol. The number of amides is 2. The van der Waals surface area contributed by atoms with Crippen molar-refractivity contribution in [2.75, 3.05) is 60.9 Å². The Morgan fingerprint density at radius 2 is 1.87 bits per heavy atom. The number of nitrogens with one attached hydrogen (secondary N) is 2. The van der Waals surface area contributed by atoms with Crippen LogP contribution < -0.4 is 20.4 Å². The Morgan fingerprint density at radius 3 is 2.55 bits per heavy atom. The summed E-state index contributed by atoms with van der Waals surface area (Å²) in [5, 5.41) is 16.2. The number of benzene rings is 2. The second-order valence-electron chi connectivity index (χ2n) is 9.04. The molecule has 2 amide bonds. The molecule has 1 fully saturated rings. The van der Waals surface area contributed by atoms with Crippen molar-refractivity contribution in [3.05, 3.63) is 64.8 Å². The number of piperazine rings is 1. The maximum atomic E-state index is 15.7. The first kappa shape index (κ1) is 25.9. The molecule has 2 aromatic carbocycles. The smallest absolute Gasteiger partial charge is 0.334 e. The highest BCUT2D eigenvalue weighted by Crippen LogP contribution is 2.45. The molecule has 8 nitrogen and oxygen atoms in total. The lowest BCUT2D eigenvalue weighted by atomic mass is 10.0. The van der Waals surface area contributed by atoms with E-state index >= 15 is 8.78 Å². The summed E-state index contributed by atoms with van der Waals surface area (Å²) in [7, 11) is 0. The molecule has 3 aromatic rings. The number of rotatable bonds is 6. The van der Waals surface area contributed by atoms with Gasteiger partial charge in [-0.25, -0.2) is 18.6 Å². The van der Waals surface area contributed by atoms with Crippen LogP contribution >= 0.6 is 11.6 Å². The summed E-state index contributed by atoms with van der Waals surface area (Å²) in [6.45, 7) is 6.84. The molecular formula is C27H26ClF2N7O. The van der Waals surface area contributed by atoms with E-state index in [0.717, 1.165) is 37.6 Å². The summed E-state index contributed by atoms with van der Waals surface area (Å²) < 4.78 is 31.3. The third-order valence-electron chi connectivity index (χ3n) is 6.69. The van der Waals surface area contributed by atoms with E-state index in [4.69, 9.17) is 11.6 Å². The number of urea groups is 1. The third kappa shape index (κ3) is 4.88. The first-order chi connectivity index (χ1) is 18.4. The number of carbonyl (C=O) groups is 1. The van der Waals surface area contributed by atoms with E-state index in [-0.39, 0.29) is 23.5 Å². The Morgan fingerprint density at radius 1 is 1.13 bits per heavy atom. The van der Waals surface area contributed by atoms with E-state index in [1.807, 2.05) is 6.07 Å². The topological polar surface area (TPSA) is 87.5 Å². The predicted molar refractivity (Wildman–Crippen MR) is 144 cm³/mol. The fourth-order valence-corrected chi connectivity index (χ4v) is 5.01. The lowest BCUT2D eigenvalue weighted by Crippen LogP contribution is -2.45. The molecule has 0 radical (unpaired) electrons. The van der Waals surface area contributed by atoms with Crippen LogP contribution in [0, 0.1) is 23.0 Å². The zero-order valence-electron chi connectivity index (χ0n) is 20.8. The Labute approximate surface area is 224 Å². The molecule has 0 atom stereocenters. The Kier molecular flexibility index (Phi) is 7.42. The molecule has 2 aliphatic rings. The zero-order chi connectivity index (χ0) is 26.8. The lowest BCUT2D eigenvalue weighted by Gasteiger charge is -2.29. The second kappa shape index (κ2) is 10.9. The molecule has 196 valence electrons. The van der Waals surface area contributed by atoms with Gasteiger partial charge in [-0.2, -0.15) is 5.26 Å². The Bertz CT molecular complexity index is 1400. The minimum atomic E-state index is -0.913. The normalized spacial score (nSPS) is 15.5. The number of anilines is 4. The van der Waals surface area contributed by atoms with Crippen molar-refractivity contribution in [3.63, 3.8) is 0 Å². The zero-order valence-corrected chi connectivity index (χ0v) is 21.5. The molecule has 1 aromatic heterocycles. The molecular weight excluding hydrogens is 512 g/mol. The van der Waals surface area contributed by atoms with E-state index < -0.39 is 23.4 Å². The second-order valence-corrected chi connectivity index (χ2v) is 9.47. The SMILES string of the molecule is CCN1C(=O)N(c2c(F)cc(NCCN3CCNCC3)cc2F)c2cc(C#N)ccc2-c2cc(Cl)cnc21. The molecule has 0 saturated carbocycles. The molecule has 2 aliphatic heterocycles. The van der Waals surface area contributed by atoms with Gasteiger partial charge in [0.15, 0.2) is 11.6 Å². The van der Waals surface area contributed by atoms with Gasteiger partial charge >= 0.3 is 6.03 Å². The van der Waals surface area contributed by atoms with Crippen LogP contribution in [0.25, 0.3) is 11.1 Å². The number of fused-ring (bicyclic) bond motifs is 3. The number of carbonyl (C=O) groups excluding carboxylic acids is 1. The van der Waals surface area contributed by atoms with Crippen LogP contribution in [0.1, 0.15) is 12.5 Å². The van der Waals surface area contributed by atoms with Crippen molar-refractivity contribution in [2.45, 2.75) is 6.92 Å². The van der Waals surface area contributed by atoms with E-state index in [2.05, 4.69) is 20.5 Å². The summed E-state index contributed by atoms with van der Waals surface area (Å²) in [5.74, 6) is -1.52. The van der Waals surface area contributed by atoms with Gasteiger partial charge in [0.1, 0.15) is 11.5 Å². The van der Waals surface area contributed by atoms with Crippen LogP contribution in [-0.4, -0.2) is 61.7 Å². The average molecular weight is 538 g/mol. The summed E-state index contributed by atoms with van der Waals surface area (Å²) in [5.41, 5.74) is 1.12. The van der Waals surface area contributed by atoms with Gasteiger partial charge in [-0.3, -0.25) is 14.7 Å². The van der Waals surface area contributed by atoms with Crippen LogP contribution in [0.2, 0.25) is 5.02 Å². The summed E-state index contributed by atoms with van der Waals surface area (Å²) in [4.78, 5) is 22.8. The van der Waals surface area contributed by atoms with E-state index in [9.17, 15) is 10.1 Å². The maximum Gasteiger partial charge on any atom is 0.334 e. The molecule has 3 heterocycles. The highest BCUT2D eigenvalue weighted by molar-refractivity contribution is 6.31. The van der Waals surface area contributed by atoms with Gasteiger partial charge in [0.25, 0.3) is 0 Å². The molecule has 5 rings (SSSR count). The van der Waals surface area contributed by atoms with E-state index in [1.54, 1.807) is 25.1 Å². The quantitative estimate of drug-likeness (QED) is 0.462. The van der Waals surface area contributed by atoms with Gasteiger partial charge in [0.05, 0.1) is 22.3 Å². The van der Waals surface area contributed by atoms with E-state index in [1.165, 1.54) is 29.3 Å². The fraction of sp³-hybridized carbons (Fsp3) is 0.296. The Hall–Kier alpha value is -3.78. The van der Waals surface area contributed by atoms with Crippen LogP contribution in [0.3, 0.4) is 0 Å². The molecule has 38 heavy (non-hydrogen) atoms. The van der Waals surface area contributed by atoms with Gasteiger partial charge in [0, 0.05) is 68.8 Å². The van der Waals surface area contributed by atoms with Crippen molar-refractivity contribution in [1.82, 2.24) is 15.2 Å². The standard InChI is InChI=1S/C27H26ClF2N7O/c1-2-36-26-21(12-18(28)16-34-26)20-4-3-17(15-31)11-24(20)37(27(36)38)25-22(29)13-19(14-23(25)30)33-7-10-35-8-5-32-6-9-35/h3-4,11-14,16,32-33H,2,5-10H2,1H3. The van der Waals surface area contributed by atoms with Crippen molar-refractivity contribution < 1.29 is 13.6 Å². The molecule has 0 spiro atoms. The van der Waals surface area contributed by atoms with Crippen LogP contribution in [0.15, 0.2) is 42.6 Å². The minimum absolute atomic E-state index is 0.160. The average Bonchev–Trinajstić information content (AvgIpc) is 3.01. The first-order valence-electron chi connectivity index (χ1n) is 12.4. The fourth-order valence-electron chi connectivity index (χ4n) is 4.85. The van der Waals surface area contributed by atoms with Crippen molar-refractivity contribution >= 4 is 40.5 Å². The molecule has 0 unspecified atom stereocenters. The number of nitriles is 1. The van der Waals surface area contributed by atoms with Crippen LogP contribution in [0.4, 0.5) is 36.5 Å². The molecule has 0 bridgehead atoms. The summed E-state index contributed by atoms with van der Waals surface area (Å²) >= 11 is 6.23. The number of pyridine rings is 1. The number of hydrogen-bond donors (Lipinski definition) is 2.